The minimum absolute atomic E-state index is 0.0431. The summed E-state index contributed by atoms with van der Waals surface area (Å²) in [7, 11) is 2.96. The summed E-state index contributed by atoms with van der Waals surface area (Å²) < 4.78 is 23.4. The van der Waals surface area contributed by atoms with Crippen LogP contribution in [0.5, 0.6) is 11.5 Å². The van der Waals surface area contributed by atoms with Crippen molar-refractivity contribution in [2.45, 2.75) is 0 Å². The van der Waals surface area contributed by atoms with Crippen LogP contribution in [-0.2, 0) is 4.79 Å². The van der Waals surface area contributed by atoms with Gasteiger partial charge in [-0.3, -0.25) is 4.79 Å². The van der Waals surface area contributed by atoms with Gasteiger partial charge in [0.25, 0.3) is 5.91 Å². The largest absolute Gasteiger partial charge is 0.497 e. The van der Waals surface area contributed by atoms with E-state index in [-0.39, 0.29) is 18.2 Å². The second-order valence-corrected chi connectivity index (χ2v) is 4.77. The second-order valence-electron chi connectivity index (χ2n) is 4.77. The zero-order valence-electron chi connectivity index (χ0n) is 13.4. The number of ether oxygens (including phenoxy) is 2. The quantitative estimate of drug-likeness (QED) is 0.604. The smallest absolute Gasteiger partial charge is 0.259 e. The highest BCUT2D eigenvalue weighted by atomic mass is 19.1. The van der Waals surface area contributed by atoms with Gasteiger partial charge in [0.1, 0.15) is 5.75 Å². The van der Waals surface area contributed by atoms with Crippen LogP contribution in [0.15, 0.2) is 47.6 Å². The molecule has 0 saturated carbocycles. The van der Waals surface area contributed by atoms with Gasteiger partial charge in [-0.25, -0.2) is 9.82 Å². The maximum absolute atomic E-state index is 13.5. The molecule has 0 unspecified atom stereocenters. The van der Waals surface area contributed by atoms with Crippen molar-refractivity contribution in [3.05, 3.63) is 53.8 Å². The Balaban J connectivity index is 1.83. The van der Waals surface area contributed by atoms with Crippen molar-refractivity contribution in [3.8, 4) is 11.5 Å². The fraction of sp³-hybridized carbons (Fsp3) is 0.176. The third-order valence-electron chi connectivity index (χ3n) is 3.10. The molecule has 0 bridgehead atoms. The Labute approximate surface area is 139 Å². The standard InChI is InChI=1S/C17H18FN3O3/c1-23-14-5-3-4-13(9-14)19-11-17(22)21-20-10-12-6-7-16(24-2)15(18)8-12/h3-10,19H,11H2,1-2H3,(H,21,22)/b20-10-. The lowest BCUT2D eigenvalue weighted by atomic mass is 10.2. The third-order valence-corrected chi connectivity index (χ3v) is 3.10. The first-order valence-corrected chi connectivity index (χ1v) is 7.15. The van der Waals surface area contributed by atoms with E-state index in [1.165, 1.54) is 25.5 Å². The zero-order chi connectivity index (χ0) is 17.4. The maximum atomic E-state index is 13.5. The molecule has 0 aromatic heterocycles. The molecule has 2 aromatic rings. The highest BCUT2D eigenvalue weighted by Crippen LogP contribution is 2.17. The van der Waals surface area contributed by atoms with Crippen LogP contribution in [0, 0.1) is 5.82 Å². The van der Waals surface area contributed by atoms with E-state index in [0.29, 0.717) is 11.3 Å². The summed E-state index contributed by atoms with van der Waals surface area (Å²) in [4.78, 5) is 11.7. The molecule has 0 atom stereocenters. The molecular weight excluding hydrogens is 313 g/mol. The molecule has 2 rings (SSSR count). The minimum atomic E-state index is -0.493. The summed E-state index contributed by atoms with van der Waals surface area (Å²) in [5, 5.41) is 6.74. The van der Waals surface area contributed by atoms with E-state index in [0.717, 1.165) is 5.69 Å². The minimum Gasteiger partial charge on any atom is -0.497 e. The van der Waals surface area contributed by atoms with E-state index in [1.807, 2.05) is 18.2 Å². The first kappa shape index (κ1) is 17.3. The predicted octanol–water partition coefficient (Wildman–Crippen LogP) is 2.41. The van der Waals surface area contributed by atoms with Gasteiger partial charge in [-0.05, 0) is 35.9 Å². The molecule has 7 heteroatoms. The average Bonchev–Trinajstić information content (AvgIpc) is 2.60. The van der Waals surface area contributed by atoms with E-state index >= 15 is 0 Å². The molecule has 0 aliphatic carbocycles. The highest BCUT2D eigenvalue weighted by molar-refractivity contribution is 5.84. The van der Waals surface area contributed by atoms with Gasteiger partial charge in [-0.15, -0.1) is 0 Å². The number of hydrazone groups is 1. The molecular formula is C17H18FN3O3. The van der Waals surface area contributed by atoms with E-state index in [2.05, 4.69) is 15.8 Å². The number of carbonyl (C=O) groups excluding carboxylic acids is 1. The molecule has 0 aliphatic heterocycles. The van der Waals surface area contributed by atoms with Gasteiger partial charge in [-0.1, -0.05) is 6.07 Å². The Bertz CT molecular complexity index is 735. The van der Waals surface area contributed by atoms with Crippen LogP contribution < -0.4 is 20.2 Å². The summed E-state index contributed by atoms with van der Waals surface area (Å²) in [6, 6.07) is 11.6. The Hall–Kier alpha value is -3.09. The normalized spacial score (nSPS) is 10.5. The Kier molecular flexibility index (Phi) is 6.13. The number of halogens is 1. The number of benzene rings is 2. The van der Waals surface area contributed by atoms with Crippen molar-refractivity contribution in [3.63, 3.8) is 0 Å². The molecule has 2 aromatic carbocycles. The fourth-order valence-corrected chi connectivity index (χ4v) is 1.90. The van der Waals surface area contributed by atoms with Gasteiger partial charge in [-0.2, -0.15) is 5.10 Å². The molecule has 126 valence electrons. The number of hydrogen-bond acceptors (Lipinski definition) is 5. The van der Waals surface area contributed by atoms with E-state index in [9.17, 15) is 9.18 Å². The maximum Gasteiger partial charge on any atom is 0.259 e. The van der Waals surface area contributed by atoms with Crippen LogP contribution in [0.1, 0.15) is 5.56 Å². The van der Waals surface area contributed by atoms with E-state index < -0.39 is 5.82 Å². The van der Waals surface area contributed by atoms with E-state index in [1.54, 1.807) is 19.2 Å². The lowest BCUT2D eigenvalue weighted by Gasteiger charge is -2.07. The fourth-order valence-electron chi connectivity index (χ4n) is 1.90. The molecule has 6 nitrogen and oxygen atoms in total. The van der Waals surface area contributed by atoms with Gasteiger partial charge < -0.3 is 14.8 Å². The van der Waals surface area contributed by atoms with Crippen molar-refractivity contribution in [1.82, 2.24) is 5.43 Å². The summed E-state index contributed by atoms with van der Waals surface area (Å²) in [6.45, 7) is 0.0431. The van der Waals surface area contributed by atoms with Crippen LogP contribution in [0.25, 0.3) is 0 Å². The molecule has 1 amide bonds. The SMILES string of the molecule is COc1cccc(NCC(=O)N/N=C\c2ccc(OC)c(F)c2)c1. The van der Waals surface area contributed by atoms with Gasteiger partial charge in [0, 0.05) is 11.8 Å². The van der Waals surface area contributed by atoms with Gasteiger partial charge in [0.05, 0.1) is 27.0 Å². The molecule has 0 aliphatic rings. The predicted molar refractivity (Wildman–Crippen MR) is 90.2 cm³/mol. The summed E-state index contributed by atoms with van der Waals surface area (Å²) in [6.07, 6.45) is 1.35. The summed E-state index contributed by atoms with van der Waals surface area (Å²) >= 11 is 0. The van der Waals surface area contributed by atoms with Gasteiger partial charge >= 0.3 is 0 Å². The second kappa shape index (κ2) is 8.52. The van der Waals surface area contributed by atoms with Gasteiger partial charge in [0.2, 0.25) is 0 Å². The van der Waals surface area contributed by atoms with Crippen LogP contribution in [0.3, 0.4) is 0 Å². The number of hydrogen-bond donors (Lipinski definition) is 2. The lowest BCUT2D eigenvalue weighted by molar-refractivity contribution is -0.119. The molecule has 0 radical (unpaired) electrons. The van der Waals surface area contributed by atoms with Crippen LogP contribution in [-0.4, -0.2) is 32.9 Å². The third kappa shape index (κ3) is 4.98. The molecule has 0 heterocycles. The molecule has 2 N–H and O–H groups in total. The van der Waals surface area contributed by atoms with Crippen molar-refractivity contribution in [1.29, 1.82) is 0 Å². The van der Waals surface area contributed by atoms with E-state index in [4.69, 9.17) is 9.47 Å². The van der Waals surface area contributed by atoms with Crippen molar-refractivity contribution >= 4 is 17.8 Å². The number of rotatable bonds is 7. The number of amides is 1. The van der Waals surface area contributed by atoms with Crippen molar-refractivity contribution in [2.24, 2.45) is 5.10 Å². The Morgan fingerprint density at radius 3 is 2.75 bits per heavy atom. The number of methoxy groups -OCH3 is 2. The Morgan fingerprint density at radius 1 is 1.21 bits per heavy atom. The average molecular weight is 331 g/mol. The zero-order valence-corrected chi connectivity index (χ0v) is 13.4. The topological polar surface area (TPSA) is 72.0 Å². The van der Waals surface area contributed by atoms with Crippen LogP contribution >= 0.6 is 0 Å². The Morgan fingerprint density at radius 2 is 2.04 bits per heavy atom. The van der Waals surface area contributed by atoms with Crippen LogP contribution in [0.4, 0.5) is 10.1 Å². The van der Waals surface area contributed by atoms with Crippen molar-refractivity contribution < 1.29 is 18.7 Å². The van der Waals surface area contributed by atoms with Crippen molar-refractivity contribution in [2.75, 3.05) is 26.1 Å². The summed E-state index contributed by atoms with van der Waals surface area (Å²) in [5.41, 5.74) is 3.63. The summed E-state index contributed by atoms with van der Waals surface area (Å²) in [5.74, 6) is 0.0224. The first-order chi connectivity index (χ1) is 11.6. The highest BCUT2D eigenvalue weighted by Gasteiger charge is 2.03. The monoisotopic (exact) mass is 331 g/mol. The molecule has 24 heavy (non-hydrogen) atoms. The number of anilines is 1. The lowest BCUT2D eigenvalue weighted by Crippen LogP contribution is -2.25. The number of nitrogens with zero attached hydrogens (tertiary/aromatic N) is 1. The number of nitrogens with one attached hydrogen (secondary N) is 2. The molecule has 0 spiro atoms. The van der Waals surface area contributed by atoms with Gasteiger partial charge in [0.15, 0.2) is 11.6 Å². The molecule has 0 saturated heterocycles. The number of carbonyl (C=O) groups is 1. The molecule has 0 fully saturated rings. The van der Waals surface area contributed by atoms with Crippen LogP contribution in [0.2, 0.25) is 0 Å². The first-order valence-electron chi connectivity index (χ1n) is 7.15.